The molecule has 0 bridgehead atoms. The van der Waals surface area contributed by atoms with Crippen LogP contribution >= 0.6 is 23.2 Å². The SMILES string of the molecule is COc1ccc(-c2noc(Cn3ncc(Cl)cc3=O)n2)cc1.COc1ccc(-c2noc(Cn3ncccc3=O)n2)cc1.COc1cccc(-c2noc(Cn3ncc(Cl)cc3=O)n2)c1.COc1cccc(-c2noc(Cn3ncccc3=O)n2)c1. The number of ether oxygens (including phenoxy) is 4. The van der Waals surface area contributed by atoms with E-state index in [1.54, 1.807) is 58.8 Å². The van der Waals surface area contributed by atoms with E-state index < -0.39 is 0 Å². The van der Waals surface area contributed by atoms with Gasteiger partial charge in [0.1, 0.15) is 49.2 Å². The number of hydrogen-bond donors (Lipinski definition) is 0. The number of rotatable bonds is 16. The second-order valence-corrected chi connectivity index (χ2v) is 18.2. The van der Waals surface area contributed by atoms with Crippen LogP contribution in [-0.2, 0) is 26.2 Å². The maximum atomic E-state index is 11.7. The van der Waals surface area contributed by atoms with Crippen LogP contribution in [0.25, 0.3) is 45.6 Å². The maximum absolute atomic E-state index is 11.7. The minimum Gasteiger partial charge on any atom is -0.497 e. The predicted molar refractivity (Wildman–Crippen MR) is 306 cm³/mol. The number of benzene rings is 4. The molecule has 12 aromatic rings. The lowest BCUT2D eigenvalue weighted by Gasteiger charge is -2.00. The van der Waals surface area contributed by atoms with Gasteiger partial charge in [0.25, 0.3) is 22.2 Å². The van der Waals surface area contributed by atoms with E-state index in [2.05, 4.69) is 61.0 Å². The van der Waals surface area contributed by atoms with Crippen LogP contribution in [0.5, 0.6) is 23.0 Å². The van der Waals surface area contributed by atoms with Crippen molar-refractivity contribution < 1.29 is 37.0 Å². The Hall–Kier alpha value is -11.3. The van der Waals surface area contributed by atoms with Crippen molar-refractivity contribution in [3.8, 4) is 68.5 Å². The van der Waals surface area contributed by atoms with Crippen molar-refractivity contribution in [3.63, 3.8) is 0 Å². The Balaban J connectivity index is 0.000000137. The minimum atomic E-state index is -0.339. The molecule has 8 aromatic heterocycles. The van der Waals surface area contributed by atoms with Crippen LogP contribution in [0.2, 0.25) is 10.0 Å². The Morgan fingerprint density at radius 2 is 0.686 bits per heavy atom. The van der Waals surface area contributed by atoms with Crippen molar-refractivity contribution in [2.45, 2.75) is 26.2 Å². The predicted octanol–water partition coefficient (Wildman–Crippen LogP) is 6.71. The highest BCUT2D eigenvalue weighted by Crippen LogP contribution is 2.24. The zero-order valence-corrected chi connectivity index (χ0v) is 47.2. The van der Waals surface area contributed by atoms with Crippen LogP contribution in [-0.4, -0.2) is 108 Å². The van der Waals surface area contributed by atoms with E-state index in [1.165, 1.54) is 67.8 Å². The molecule has 0 aliphatic carbocycles. The van der Waals surface area contributed by atoms with Gasteiger partial charge in [0.05, 0.1) is 50.9 Å². The first-order valence-corrected chi connectivity index (χ1v) is 26.0. The van der Waals surface area contributed by atoms with Crippen molar-refractivity contribution in [1.82, 2.24) is 79.7 Å². The standard InChI is InChI=1S/2C14H11ClN4O3.2C14H12N4O3/c1-21-11-4-2-9(3-5-11)14-17-12(22-18-14)8-19-13(20)6-10(15)7-16-19;1-21-11-4-2-3-9(5-11)14-17-12(22-18-14)8-19-13(20)6-10(15)7-16-19;1-20-11-5-2-4-10(8-11)14-16-12(21-17-14)9-18-13(19)6-3-7-15-18;1-20-11-6-4-10(5-7-11)14-16-12(21-17-14)9-18-13(19)3-2-8-15-18/h2*2-7H,8H2,1H3;2*2-8H,9H2,1H3. The molecule has 12 rings (SSSR count). The summed E-state index contributed by atoms with van der Waals surface area (Å²) in [5, 5.41) is 31.8. The van der Waals surface area contributed by atoms with Crippen LogP contribution in [0, 0.1) is 0 Å². The lowest BCUT2D eigenvalue weighted by molar-refractivity contribution is 0.363. The zero-order valence-electron chi connectivity index (χ0n) is 45.6. The summed E-state index contributed by atoms with van der Waals surface area (Å²) in [6, 6.07) is 37.7. The van der Waals surface area contributed by atoms with E-state index in [-0.39, 0.29) is 70.2 Å². The molecule has 0 saturated carbocycles. The quantitative estimate of drug-likeness (QED) is 0.0970. The fourth-order valence-electron chi connectivity index (χ4n) is 7.33. The summed E-state index contributed by atoms with van der Waals surface area (Å²) in [6.45, 7) is 0.436. The smallest absolute Gasteiger partial charge is 0.268 e. The first kappa shape index (κ1) is 59.4. The number of methoxy groups -OCH3 is 4. The highest BCUT2D eigenvalue weighted by Gasteiger charge is 2.15. The van der Waals surface area contributed by atoms with Crippen LogP contribution in [0.15, 0.2) is 196 Å². The maximum Gasteiger partial charge on any atom is 0.268 e. The topological polar surface area (TPSA) is 332 Å². The molecule has 28 nitrogen and oxygen atoms in total. The van der Waals surface area contributed by atoms with E-state index in [0.717, 1.165) is 33.8 Å². The Kier molecular flexibility index (Phi) is 19.8. The Morgan fingerprint density at radius 1 is 0.360 bits per heavy atom. The van der Waals surface area contributed by atoms with Crippen molar-refractivity contribution in [3.05, 3.63) is 233 Å². The third kappa shape index (κ3) is 16.0. The van der Waals surface area contributed by atoms with Gasteiger partial charge in [-0.15, -0.1) is 0 Å². The molecule has 0 fully saturated rings. The summed E-state index contributed by atoms with van der Waals surface area (Å²) in [4.78, 5) is 63.6. The fourth-order valence-corrected chi connectivity index (χ4v) is 7.61. The van der Waals surface area contributed by atoms with Gasteiger partial charge in [-0.3, -0.25) is 19.2 Å². The minimum absolute atomic E-state index is 0.0764. The Morgan fingerprint density at radius 3 is 1.00 bits per heavy atom. The molecule has 436 valence electrons. The molecule has 0 N–H and O–H groups in total. The highest BCUT2D eigenvalue weighted by molar-refractivity contribution is 6.30. The average Bonchev–Trinajstić information content (AvgIpc) is 4.57. The van der Waals surface area contributed by atoms with Gasteiger partial charge >= 0.3 is 0 Å². The van der Waals surface area contributed by atoms with Crippen molar-refractivity contribution in [1.29, 1.82) is 0 Å². The third-order valence-electron chi connectivity index (χ3n) is 11.6. The molecule has 86 heavy (non-hydrogen) atoms. The van der Waals surface area contributed by atoms with Gasteiger partial charge in [-0.2, -0.15) is 40.3 Å². The molecule has 0 spiro atoms. The van der Waals surface area contributed by atoms with Crippen molar-refractivity contribution in [2.75, 3.05) is 28.4 Å². The summed E-state index contributed by atoms with van der Waals surface area (Å²) in [7, 11) is 6.37. The zero-order chi connectivity index (χ0) is 60.4. The second-order valence-electron chi connectivity index (χ2n) is 17.3. The molecule has 4 aromatic carbocycles. The van der Waals surface area contributed by atoms with Crippen LogP contribution in [0.3, 0.4) is 0 Å². The van der Waals surface area contributed by atoms with E-state index in [4.69, 9.17) is 60.2 Å². The molecule has 0 amide bonds. The number of hydrogen-bond acceptors (Lipinski definition) is 24. The molecular weight excluding hydrogens is 1160 g/mol. The number of halogens is 2. The summed E-state index contributed by atoms with van der Waals surface area (Å²) in [6.07, 6.45) is 5.81. The molecule has 0 radical (unpaired) electrons. The van der Waals surface area contributed by atoms with Gasteiger partial charge in [-0.25, -0.2) is 18.7 Å². The molecule has 0 unspecified atom stereocenters. The molecule has 0 atom stereocenters. The summed E-state index contributed by atoms with van der Waals surface area (Å²) in [5.74, 6) is 5.82. The molecular formula is C56H46Cl2N16O12. The summed E-state index contributed by atoms with van der Waals surface area (Å²) in [5.41, 5.74) is 2.00. The molecule has 0 aliphatic rings. The number of aromatic nitrogens is 16. The normalized spacial score (nSPS) is 10.6. The lowest BCUT2D eigenvalue weighted by Crippen LogP contribution is -2.22. The van der Waals surface area contributed by atoms with Gasteiger partial charge in [0.15, 0.2) is 0 Å². The van der Waals surface area contributed by atoms with Gasteiger partial charge in [-0.1, -0.05) is 68.1 Å². The Bertz CT molecular complexity index is 4430. The second kappa shape index (κ2) is 28.6. The molecule has 0 saturated heterocycles. The van der Waals surface area contributed by atoms with Crippen molar-refractivity contribution in [2.24, 2.45) is 0 Å². The molecule has 8 heterocycles. The van der Waals surface area contributed by atoms with E-state index in [0.29, 0.717) is 46.6 Å². The monoisotopic (exact) mass is 1200 g/mol. The van der Waals surface area contributed by atoms with E-state index >= 15 is 0 Å². The third-order valence-corrected chi connectivity index (χ3v) is 12.0. The van der Waals surface area contributed by atoms with Crippen LogP contribution in [0.4, 0.5) is 0 Å². The van der Waals surface area contributed by atoms with Crippen LogP contribution in [0.1, 0.15) is 23.6 Å². The molecule has 0 aliphatic heterocycles. The van der Waals surface area contributed by atoms with Gasteiger partial charge in [0, 0.05) is 58.9 Å². The lowest BCUT2D eigenvalue weighted by atomic mass is 10.2. The fraction of sp³-hybridized carbons (Fsp3) is 0.143. The number of nitrogens with zero attached hydrogens (tertiary/aromatic N) is 16. The van der Waals surface area contributed by atoms with E-state index in [9.17, 15) is 19.2 Å². The van der Waals surface area contributed by atoms with Gasteiger partial charge < -0.3 is 37.0 Å². The highest BCUT2D eigenvalue weighted by atomic mass is 35.5. The first-order chi connectivity index (χ1) is 41.8. The summed E-state index contributed by atoms with van der Waals surface area (Å²) < 4.78 is 46.0. The Labute approximate surface area is 494 Å². The largest absolute Gasteiger partial charge is 0.497 e. The average molecular weight is 1210 g/mol. The van der Waals surface area contributed by atoms with Gasteiger partial charge in [-0.05, 0) is 84.9 Å². The summed E-state index contributed by atoms with van der Waals surface area (Å²) >= 11 is 11.4. The van der Waals surface area contributed by atoms with Crippen molar-refractivity contribution >= 4 is 23.2 Å². The van der Waals surface area contributed by atoms with Crippen LogP contribution < -0.4 is 41.2 Å². The molecule has 30 heteroatoms. The first-order valence-electron chi connectivity index (χ1n) is 25.2. The van der Waals surface area contributed by atoms with E-state index in [1.807, 2.05) is 78.9 Å². The van der Waals surface area contributed by atoms with Gasteiger partial charge in [0.2, 0.25) is 46.9 Å².